The minimum Gasteiger partial charge on any atom is -0.491 e. The number of nitrogens with one attached hydrogen (secondary N) is 2. The smallest absolute Gasteiger partial charge is 0.319 e. The largest absolute Gasteiger partial charge is 0.491 e. The zero-order valence-electron chi connectivity index (χ0n) is 11.5. The predicted octanol–water partition coefficient (Wildman–Crippen LogP) is 2.25. The minimum absolute atomic E-state index is 0.117. The summed E-state index contributed by atoms with van der Waals surface area (Å²) >= 11 is 0. The quantitative estimate of drug-likeness (QED) is 0.762. The zero-order valence-corrected chi connectivity index (χ0v) is 11.5. The van der Waals surface area contributed by atoms with Crippen molar-refractivity contribution >= 4 is 11.7 Å². The number of urea groups is 1. The van der Waals surface area contributed by atoms with Crippen LogP contribution in [0.3, 0.4) is 0 Å². The Balaban J connectivity index is 1.66. The van der Waals surface area contributed by atoms with Gasteiger partial charge >= 0.3 is 6.03 Å². The van der Waals surface area contributed by atoms with Gasteiger partial charge in [-0.3, -0.25) is 0 Å². The van der Waals surface area contributed by atoms with Crippen LogP contribution in [0.1, 0.15) is 0 Å². The lowest BCUT2D eigenvalue weighted by Crippen LogP contribution is -2.37. The third-order valence-corrected chi connectivity index (χ3v) is 2.72. The van der Waals surface area contributed by atoms with E-state index in [1.54, 1.807) is 12.1 Å². The zero-order chi connectivity index (χ0) is 14.9. The van der Waals surface area contributed by atoms with E-state index in [2.05, 4.69) is 10.6 Å². The molecule has 0 aromatic heterocycles. The third kappa shape index (κ3) is 5.54. The number of anilines is 1. The Morgan fingerprint density at radius 2 is 1.67 bits per heavy atom. The number of hydrogen-bond acceptors (Lipinski definition) is 3. The van der Waals surface area contributed by atoms with Crippen molar-refractivity contribution in [2.45, 2.75) is 6.10 Å². The minimum atomic E-state index is -0.772. The van der Waals surface area contributed by atoms with Gasteiger partial charge in [-0.25, -0.2) is 4.79 Å². The highest BCUT2D eigenvalue weighted by molar-refractivity contribution is 5.89. The van der Waals surface area contributed by atoms with Crippen LogP contribution in [-0.4, -0.2) is 30.4 Å². The molecule has 2 aromatic rings. The topological polar surface area (TPSA) is 70.6 Å². The van der Waals surface area contributed by atoms with E-state index >= 15 is 0 Å². The number of ether oxygens (including phenoxy) is 1. The molecule has 1 unspecified atom stereocenters. The summed E-state index contributed by atoms with van der Waals surface area (Å²) in [4.78, 5) is 11.6. The van der Waals surface area contributed by atoms with Crippen molar-refractivity contribution in [2.24, 2.45) is 0 Å². The number of carbonyl (C=O) groups is 1. The number of amides is 2. The average molecular weight is 286 g/mol. The standard InChI is InChI=1S/C16H18N2O3/c19-14(12-21-15-9-5-2-6-10-15)11-17-16(20)18-13-7-3-1-4-8-13/h1-10,14,19H,11-12H2,(H2,17,18,20). The van der Waals surface area contributed by atoms with Gasteiger partial charge in [-0.2, -0.15) is 0 Å². The van der Waals surface area contributed by atoms with Crippen LogP contribution in [-0.2, 0) is 0 Å². The van der Waals surface area contributed by atoms with Gasteiger partial charge in [0.25, 0.3) is 0 Å². The molecule has 0 heterocycles. The van der Waals surface area contributed by atoms with Crippen LogP contribution in [0.15, 0.2) is 60.7 Å². The molecular formula is C16H18N2O3. The van der Waals surface area contributed by atoms with Crippen molar-refractivity contribution in [3.05, 3.63) is 60.7 Å². The molecule has 21 heavy (non-hydrogen) atoms. The molecule has 0 bridgehead atoms. The lowest BCUT2D eigenvalue weighted by molar-refractivity contribution is 0.108. The number of benzene rings is 2. The maximum absolute atomic E-state index is 11.6. The van der Waals surface area contributed by atoms with Crippen LogP contribution in [0.2, 0.25) is 0 Å². The second-order valence-corrected chi connectivity index (χ2v) is 4.48. The fourth-order valence-corrected chi connectivity index (χ4v) is 1.68. The number of hydrogen-bond donors (Lipinski definition) is 3. The monoisotopic (exact) mass is 286 g/mol. The molecule has 2 rings (SSSR count). The Kier molecular flexibility index (Phi) is 5.60. The number of carbonyl (C=O) groups excluding carboxylic acids is 1. The molecule has 0 aliphatic heterocycles. The fraction of sp³-hybridized carbons (Fsp3) is 0.188. The normalized spacial score (nSPS) is 11.5. The maximum Gasteiger partial charge on any atom is 0.319 e. The van der Waals surface area contributed by atoms with Crippen LogP contribution < -0.4 is 15.4 Å². The summed E-state index contributed by atoms with van der Waals surface area (Å²) in [5, 5.41) is 15.0. The number of aliphatic hydroxyl groups excluding tert-OH is 1. The van der Waals surface area contributed by atoms with E-state index in [4.69, 9.17) is 4.74 Å². The summed E-state index contributed by atoms with van der Waals surface area (Å²) < 4.78 is 5.40. The van der Waals surface area contributed by atoms with E-state index in [0.717, 1.165) is 0 Å². The molecule has 0 saturated heterocycles. The summed E-state index contributed by atoms with van der Waals surface area (Å²) in [5.74, 6) is 0.685. The van der Waals surface area contributed by atoms with E-state index in [0.29, 0.717) is 11.4 Å². The molecule has 3 N–H and O–H groups in total. The highest BCUT2D eigenvalue weighted by atomic mass is 16.5. The first-order chi connectivity index (χ1) is 10.2. The van der Waals surface area contributed by atoms with Crippen molar-refractivity contribution in [2.75, 3.05) is 18.5 Å². The van der Waals surface area contributed by atoms with Crippen LogP contribution in [0.4, 0.5) is 10.5 Å². The first-order valence-corrected chi connectivity index (χ1v) is 6.70. The van der Waals surface area contributed by atoms with E-state index in [1.807, 2.05) is 48.5 Å². The second kappa shape index (κ2) is 7.91. The van der Waals surface area contributed by atoms with Crippen molar-refractivity contribution < 1.29 is 14.6 Å². The molecule has 1 atom stereocenters. The van der Waals surface area contributed by atoms with Gasteiger partial charge in [0.15, 0.2) is 0 Å². The highest BCUT2D eigenvalue weighted by Crippen LogP contribution is 2.08. The van der Waals surface area contributed by atoms with Gasteiger partial charge in [-0.1, -0.05) is 36.4 Å². The molecule has 0 fully saturated rings. The Morgan fingerprint density at radius 1 is 1.05 bits per heavy atom. The van der Waals surface area contributed by atoms with E-state index in [1.165, 1.54) is 0 Å². The lowest BCUT2D eigenvalue weighted by Gasteiger charge is -2.13. The summed E-state index contributed by atoms with van der Waals surface area (Å²) in [6.07, 6.45) is -0.772. The van der Waals surface area contributed by atoms with Crippen LogP contribution in [0.5, 0.6) is 5.75 Å². The highest BCUT2D eigenvalue weighted by Gasteiger charge is 2.08. The Labute approximate surface area is 123 Å². The molecule has 0 aliphatic rings. The molecule has 0 radical (unpaired) electrons. The third-order valence-electron chi connectivity index (χ3n) is 2.72. The summed E-state index contributed by atoms with van der Waals surface area (Å²) in [6, 6.07) is 18.0. The molecule has 5 nitrogen and oxygen atoms in total. The molecule has 0 saturated carbocycles. The molecule has 5 heteroatoms. The lowest BCUT2D eigenvalue weighted by atomic mass is 10.3. The fourth-order valence-electron chi connectivity index (χ4n) is 1.68. The van der Waals surface area contributed by atoms with E-state index < -0.39 is 6.10 Å². The second-order valence-electron chi connectivity index (χ2n) is 4.48. The molecule has 2 amide bonds. The van der Waals surface area contributed by atoms with E-state index in [9.17, 15) is 9.90 Å². The first-order valence-electron chi connectivity index (χ1n) is 6.70. The molecular weight excluding hydrogens is 268 g/mol. The van der Waals surface area contributed by atoms with Crippen molar-refractivity contribution in [3.63, 3.8) is 0 Å². The Morgan fingerprint density at radius 3 is 2.33 bits per heavy atom. The Hall–Kier alpha value is -2.53. The predicted molar refractivity (Wildman–Crippen MR) is 81.4 cm³/mol. The van der Waals surface area contributed by atoms with Gasteiger partial charge in [0.05, 0.1) is 0 Å². The van der Waals surface area contributed by atoms with Crippen molar-refractivity contribution in [1.29, 1.82) is 0 Å². The summed E-state index contributed by atoms with van der Waals surface area (Å²) in [6.45, 7) is 0.237. The van der Waals surface area contributed by atoms with Crippen LogP contribution in [0.25, 0.3) is 0 Å². The van der Waals surface area contributed by atoms with Gasteiger partial charge in [-0.05, 0) is 24.3 Å². The number of para-hydroxylation sites is 2. The number of rotatable bonds is 6. The van der Waals surface area contributed by atoms with Crippen molar-refractivity contribution in [1.82, 2.24) is 5.32 Å². The van der Waals surface area contributed by atoms with Crippen molar-refractivity contribution in [3.8, 4) is 5.75 Å². The van der Waals surface area contributed by atoms with E-state index in [-0.39, 0.29) is 19.2 Å². The van der Waals surface area contributed by atoms with Crippen LogP contribution in [0, 0.1) is 0 Å². The SMILES string of the molecule is O=C(NCC(O)COc1ccccc1)Nc1ccccc1. The van der Waals surface area contributed by atoms with Gasteiger partial charge in [0, 0.05) is 12.2 Å². The summed E-state index contributed by atoms with van der Waals surface area (Å²) in [5.41, 5.74) is 0.699. The average Bonchev–Trinajstić information content (AvgIpc) is 2.53. The van der Waals surface area contributed by atoms with Gasteiger partial charge in [0.1, 0.15) is 18.5 Å². The van der Waals surface area contributed by atoms with Crippen LogP contribution >= 0.6 is 0 Å². The van der Waals surface area contributed by atoms with Gasteiger partial charge < -0.3 is 20.5 Å². The Bertz CT molecular complexity index is 546. The van der Waals surface area contributed by atoms with Gasteiger partial charge in [0.2, 0.25) is 0 Å². The number of aliphatic hydroxyl groups is 1. The maximum atomic E-state index is 11.6. The molecule has 2 aromatic carbocycles. The molecule has 0 aliphatic carbocycles. The summed E-state index contributed by atoms with van der Waals surface area (Å²) in [7, 11) is 0. The molecule has 110 valence electrons. The molecule has 0 spiro atoms. The first kappa shape index (κ1) is 14.9. The van der Waals surface area contributed by atoms with Gasteiger partial charge in [-0.15, -0.1) is 0 Å².